The quantitative estimate of drug-likeness (QED) is 0.525. The summed E-state index contributed by atoms with van der Waals surface area (Å²) in [5.74, 6) is 1.83. The van der Waals surface area contributed by atoms with Crippen LogP contribution in [0.4, 0.5) is 5.82 Å². The van der Waals surface area contributed by atoms with Crippen molar-refractivity contribution in [2.24, 2.45) is 9.98 Å². The molecule has 10 nitrogen and oxygen atoms in total. The molecular weight excluding hydrogens is 342 g/mol. The number of rotatable bonds is 2. The van der Waals surface area contributed by atoms with Crippen LogP contribution in [-0.2, 0) is 11.3 Å². The summed E-state index contributed by atoms with van der Waals surface area (Å²) in [5.41, 5.74) is 0.363. The Morgan fingerprint density at radius 2 is 2.12 bits per heavy atom. The van der Waals surface area contributed by atoms with Gasteiger partial charge in [0, 0.05) is 19.3 Å². The predicted octanol–water partition coefficient (Wildman–Crippen LogP) is -1.96. The molecule has 1 aromatic heterocycles. The molecule has 0 aromatic carbocycles. The molecule has 4 heterocycles. The number of ether oxygens (including phenoxy) is 1. The number of fused-ring (bicyclic) bond motifs is 2. The van der Waals surface area contributed by atoms with Crippen LogP contribution in [0.2, 0.25) is 0 Å². The van der Waals surface area contributed by atoms with Crippen LogP contribution in [0.5, 0.6) is 0 Å². The Balaban J connectivity index is 1.75. The summed E-state index contributed by atoms with van der Waals surface area (Å²) in [4.78, 5) is 23.6. The van der Waals surface area contributed by atoms with Gasteiger partial charge < -0.3 is 25.0 Å². The number of aliphatic imine (C=N–C) groups is 2. The summed E-state index contributed by atoms with van der Waals surface area (Å²) in [7, 11) is 1.87. The van der Waals surface area contributed by atoms with Gasteiger partial charge in [-0.05, 0) is 6.92 Å². The van der Waals surface area contributed by atoms with Gasteiger partial charge in [-0.25, -0.2) is 4.99 Å². The molecule has 10 heteroatoms. The summed E-state index contributed by atoms with van der Waals surface area (Å²) < 4.78 is 8.11. The molecule has 0 radical (unpaired) electrons. The van der Waals surface area contributed by atoms with Crippen LogP contribution in [0.3, 0.4) is 0 Å². The smallest absolute Gasteiger partial charge is 0.394 e. The lowest BCUT2D eigenvalue weighted by Gasteiger charge is -2.23. The minimum Gasteiger partial charge on any atom is -0.394 e. The van der Waals surface area contributed by atoms with E-state index in [-0.39, 0.29) is 6.54 Å². The van der Waals surface area contributed by atoms with Gasteiger partial charge in [-0.3, -0.25) is 0 Å². The van der Waals surface area contributed by atoms with E-state index in [1.807, 2.05) is 25.1 Å². The minimum absolute atomic E-state index is 0.282. The Morgan fingerprint density at radius 3 is 2.81 bits per heavy atom. The summed E-state index contributed by atoms with van der Waals surface area (Å²) in [5, 5.41) is 29.3. The van der Waals surface area contributed by atoms with Crippen LogP contribution in [0.1, 0.15) is 13.2 Å². The summed E-state index contributed by atoms with van der Waals surface area (Å²) in [6, 6.07) is 1.63. The molecule has 3 aliphatic heterocycles. The Kier molecular flexibility index (Phi) is 3.99. The molecule has 138 valence electrons. The SMILES string of the molecule is CC1=NC2=Nc3cc[n+]([C@@H]4O[C@@H](CO)[C@@H](O)[C@@H]4O)c(=O)n3CC2=CN1C. The van der Waals surface area contributed by atoms with Crippen molar-refractivity contribution in [3.8, 4) is 0 Å². The molecule has 26 heavy (non-hydrogen) atoms. The maximum atomic E-state index is 12.9. The van der Waals surface area contributed by atoms with Crippen LogP contribution in [-0.4, -0.2) is 68.4 Å². The second-order valence-electron chi connectivity index (χ2n) is 6.54. The van der Waals surface area contributed by atoms with Gasteiger partial charge in [-0.2, -0.15) is 18.9 Å². The molecule has 0 spiro atoms. The summed E-state index contributed by atoms with van der Waals surface area (Å²) >= 11 is 0. The van der Waals surface area contributed by atoms with Crippen LogP contribution < -0.4 is 10.3 Å². The number of aliphatic hydroxyl groups is 3. The lowest BCUT2D eigenvalue weighted by atomic mass is 10.1. The van der Waals surface area contributed by atoms with Gasteiger partial charge in [0.2, 0.25) is 12.0 Å². The van der Waals surface area contributed by atoms with Crippen molar-refractivity contribution in [2.45, 2.75) is 38.0 Å². The highest BCUT2D eigenvalue weighted by molar-refractivity contribution is 6.09. The van der Waals surface area contributed by atoms with Gasteiger partial charge in [0.05, 0.1) is 12.2 Å². The number of hydrogen-bond acceptors (Lipinski definition) is 8. The largest absolute Gasteiger partial charge is 0.502 e. The standard InChI is InChI=1S/C16H20N5O5/c1-8-17-14-9(5-19(8)2)6-21-11(18-14)3-4-20(16(21)25)15-13(24)12(23)10(7-22)26-15/h3-5,10,12-13,15,22-24H,6-7H2,1-2H3/q+1/t10-,12+,13-,15+/m0/s1. The fourth-order valence-corrected chi connectivity index (χ4v) is 3.26. The average Bonchev–Trinajstić information content (AvgIpc) is 2.90. The third kappa shape index (κ3) is 2.50. The lowest BCUT2D eigenvalue weighted by molar-refractivity contribution is -0.781. The zero-order chi connectivity index (χ0) is 18.6. The van der Waals surface area contributed by atoms with E-state index in [4.69, 9.17) is 4.74 Å². The van der Waals surface area contributed by atoms with Gasteiger partial charge >= 0.3 is 5.69 Å². The van der Waals surface area contributed by atoms with E-state index < -0.39 is 36.8 Å². The van der Waals surface area contributed by atoms with Crippen molar-refractivity contribution in [2.75, 3.05) is 13.7 Å². The first kappa shape index (κ1) is 17.0. The van der Waals surface area contributed by atoms with Crippen LogP contribution in [0.25, 0.3) is 0 Å². The van der Waals surface area contributed by atoms with E-state index in [0.29, 0.717) is 11.7 Å². The molecule has 0 unspecified atom stereocenters. The van der Waals surface area contributed by atoms with Crippen LogP contribution in [0, 0.1) is 0 Å². The number of nitrogens with zero attached hydrogens (tertiary/aromatic N) is 5. The van der Waals surface area contributed by atoms with E-state index in [2.05, 4.69) is 9.98 Å². The Hall–Kier alpha value is -2.40. The van der Waals surface area contributed by atoms with Gasteiger partial charge in [-0.15, -0.1) is 0 Å². The minimum atomic E-state index is -1.32. The lowest BCUT2D eigenvalue weighted by Crippen LogP contribution is -2.60. The fourth-order valence-electron chi connectivity index (χ4n) is 3.26. The monoisotopic (exact) mass is 362 g/mol. The molecule has 1 aromatic rings. The van der Waals surface area contributed by atoms with Crippen molar-refractivity contribution in [3.05, 3.63) is 34.5 Å². The van der Waals surface area contributed by atoms with Crippen molar-refractivity contribution in [3.63, 3.8) is 0 Å². The molecule has 4 atom stereocenters. The molecule has 1 fully saturated rings. The Morgan fingerprint density at radius 1 is 1.35 bits per heavy atom. The molecule has 0 amide bonds. The second kappa shape index (κ2) is 6.09. The zero-order valence-electron chi connectivity index (χ0n) is 14.3. The molecule has 0 saturated carbocycles. The highest BCUT2D eigenvalue weighted by Gasteiger charge is 2.47. The van der Waals surface area contributed by atoms with Crippen molar-refractivity contribution < 1.29 is 24.6 Å². The molecule has 0 bridgehead atoms. The first-order valence-corrected chi connectivity index (χ1v) is 8.26. The van der Waals surface area contributed by atoms with Gasteiger partial charge in [-0.1, -0.05) is 0 Å². The first-order chi connectivity index (χ1) is 12.4. The second-order valence-corrected chi connectivity index (χ2v) is 6.54. The summed E-state index contributed by atoms with van der Waals surface area (Å²) in [6.45, 7) is 1.70. The fraction of sp³-hybridized carbons (Fsp3) is 0.500. The molecule has 4 rings (SSSR count). The predicted molar refractivity (Wildman–Crippen MR) is 90.0 cm³/mol. The Labute approximate surface area is 148 Å². The molecule has 3 aliphatic rings. The number of amidine groups is 2. The normalized spacial score (nSPS) is 30.3. The average molecular weight is 362 g/mol. The maximum Gasteiger partial charge on any atom is 0.502 e. The van der Waals surface area contributed by atoms with Crippen molar-refractivity contribution in [1.29, 1.82) is 0 Å². The number of aliphatic hydroxyl groups excluding tert-OH is 3. The third-order valence-corrected chi connectivity index (χ3v) is 4.87. The van der Waals surface area contributed by atoms with Crippen molar-refractivity contribution in [1.82, 2.24) is 9.47 Å². The molecule has 0 aliphatic carbocycles. The van der Waals surface area contributed by atoms with E-state index in [0.717, 1.165) is 11.4 Å². The van der Waals surface area contributed by atoms with Gasteiger partial charge in [0.15, 0.2) is 5.84 Å². The van der Waals surface area contributed by atoms with E-state index in [1.54, 1.807) is 6.07 Å². The van der Waals surface area contributed by atoms with E-state index in [1.165, 1.54) is 15.3 Å². The highest BCUT2D eigenvalue weighted by atomic mass is 16.6. The Bertz CT molecular complexity index is 905. The zero-order valence-corrected chi connectivity index (χ0v) is 14.3. The van der Waals surface area contributed by atoms with E-state index >= 15 is 0 Å². The van der Waals surface area contributed by atoms with E-state index in [9.17, 15) is 20.1 Å². The van der Waals surface area contributed by atoms with Crippen LogP contribution >= 0.6 is 0 Å². The van der Waals surface area contributed by atoms with Gasteiger partial charge in [0.25, 0.3) is 0 Å². The number of aromatic nitrogens is 2. The van der Waals surface area contributed by atoms with Crippen molar-refractivity contribution >= 4 is 17.5 Å². The summed E-state index contributed by atoms with van der Waals surface area (Å²) in [6.07, 6.45) is -1.28. The van der Waals surface area contributed by atoms with Gasteiger partial charge in [0.1, 0.15) is 36.9 Å². The highest BCUT2D eigenvalue weighted by Crippen LogP contribution is 2.26. The topological polar surface area (TPSA) is 124 Å². The first-order valence-electron chi connectivity index (χ1n) is 8.26. The molecule has 3 N–H and O–H groups in total. The number of hydrogen-bond donors (Lipinski definition) is 3. The maximum absolute atomic E-state index is 12.9. The molecule has 1 saturated heterocycles. The third-order valence-electron chi connectivity index (χ3n) is 4.87. The molecular formula is C16H20N5O5+. The van der Waals surface area contributed by atoms with Crippen LogP contribution in [0.15, 0.2) is 38.8 Å².